The summed E-state index contributed by atoms with van der Waals surface area (Å²) in [6, 6.07) is 0. The lowest BCUT2D eigenvalue weighted by Crippen LogP contribution is -2.13. The van der Waals surface area contributed by atoms with E-state index in [1.165, 1.54) is 6.20 Å². The van der Waals surface area contributed by atoms with Gasteiger partial charge in [0.1, 0.15) is 3.70 Å². The summed E-state index contributed by atoms with van der Waals surface area (Å²) in [6.45, 7) is 0. The van der Waals surface area contributed by atoms with Gasteiger partial charge in [0.2, 0.25) is 0 Å². The summed E-state index contributed by atoms with van der Waals surface area (Å²) in [4.78, 5) is 28.0. The third-order valence-corrected chi connectivity index (χ3v) is 1.67. The largest absolute Gasteiger partial charge is 0.476 e. The number of hydrogen-bond donors (Lipinski definition) is 2. The maximum absolute atomic E-state index is 10.5. The first kappa shape index (κ1) is 9.84. The molecule has 0 bridgehead atoms. The predicted octanol–water partition coefficient (Wildman–Crippen LogP) is 0.478. The number of carbonyl (C=O) groups is 2. The zero-order valence-electron chi connectivity index (χ0n) is 6.06. The monoisotopic (exact) mass is 294 g/mol. The molecule has 0 aliphatic heterocycles. The van der Waals surface area contributed by atoms with Crippen molar-refractivity contribution in [3.8, 4) is 0 Å². The number of aromatic nitrogens is 2. The van der Waals surface area contributed by atoms with Crippen LogP contribution in [0, 0.1) is 3.70 Å². The van der Waals surface area contributed by atoms with Crippen LogP contribution in [-0.2, 0) is 0 Å². The van der Waals surface area contributed by atoms with Gasteiger partial charge in [-0.3, -0.25) is 0 Å². The molecule has 0 saturated carbocycles. The number of rotatable bonds is 2. The van der Waals surface area contributed by atoms with E-state index in [0.29, 0.717) is 3.70 Å². The molecule has 0 spiro atoms. The molecule has 0 aliphatic carbocycles. The fraction of sp³-hybridized carbons (Fsp3) is 0. The average molecular weight is 294 g/mol. The fourth-order valence-corrected chi connectivity index (χ4v) is 1.05. The quantitative estimate of drug-likeness (QED) is 0.769. The van der Waals surface area contributed by atoms with Crippen LogP contribution < -0.4 is 0 Å². The molecule has 0 aromatic carbocycles. The van der Waals surface area contributed by atoms with Crippen molar-refractivity contribution < 1.29 is 19.8 Å². The van der Waals surface area contributed by atoms with E-state index >= 15 is 0 Å². The van der Waals surface area contributed by atoms with E-state index in [0.717, 1.165) is 0 Å². The van der Waals surface area contributed by atoms with Gasteiger partial charge in [0.25, 0.3) is 0 Å². The maximum Gasteiger partial charge on any atom is 0.357 e. The van der Waals surface area contributed by atoms with Crippen LogP contribution in [0.2, 0.25) is 0 Å². The van der Waals surface area contributed by atoms with Gasteiger partial charge in [-0.15, -0.1) is 0 Å². The smallest absolute Gasteiger partial charge is 0.357 e. The highest BCUT2D eigenvalue weighted by Crippen LogP contribution is 2.06. The molecule has 0 radical (unpaired) electrons. The summed E-state index contributed by atoms with van der Waals surface area (Å²) < 4.78 is 0.333. The van der Waals surface area contributed by atoms with Gasteiger partial charge in [-0.25, -0.2) is 19.6 Å². The second-order valence-electron chi connectivity index (χ2n) is 2.00. The van der Waals surface area contributed by atoms with Crippen molar-refractivity contribution in [1.29, 1.82) is 0 Å². The Morgan fingerprint density at radius 3 is 2.23 bits per heavy atom. The number of halogens is 1. The van der Waals surface area contributed by atoms with E-state index in [4.69, 9.17) is 10.2 Å². The van der Waals surface area contributed by atoms with Gasteiger partial charge in [0.05, 0.1) is 6.20 Å². The zero-order valence-corrected chi connectivity index (χ0v) is 8.22. The van der Waals surface area contributed by atoms with Crippen molar-refractivity contribution in [2.75, 3.05) is 0 Å². The number of nitrogens with zero attached hydrogens (tertiary/aromatic N) is 2. The molecule has 1 rings (SSSR count). The Morgan fingerprint density at radius 1 is 1.23 bits per heavy atom. The van der Waals surface area contributed by atoms with Gasteiger partial charge in [0.15, 0.2) is 11.4 Å². The van der Waals surface area contributed by atoms with E-state index in [9.17, 15) is 9.59 Å². The molecule has 0 aliphatic rings. The molecule has 6 nitrogen and oxygen atoms in total. The third-order valence-electron chi connectivity index (χ3n) is 1.15. The van der Waals surface area contributed by atoms with Crippen LogP contribution in [0.25, 0.3) is 0 Å². The summed E-state index contributed by atoms with van der Waals surface area (Å²) in [6.07, 6.45) is 1.19. The van der Waals surface area contributed by atoms with Gasteiger partial charge in [0, 0.05) is 0 Å². The van der Waals surface area contributed by atoms with Crippen molar-refractivity contribution in [2.24, 2.45) is 0 Å². The minimum Gasteiger partial charge on any atom is -0.476 e. The Hall–Kier alpha value is -1.25. The van der Waals surface area contributed by atoms with Crippen LogP contribution >= 0.6 is 22.6 Å². The Balaban J connectivity index is 3.35. The Morgan fingerprint density at radius 2 is 1.77 bits per heavy atom. The highest BCUT2D eigenvalue weighted by Gasteiger charge is 2.19. The fourth-order valence-electron chi connectivity index (χ4n) is 0.673. The van der Waals surface area contributed by atoms with Crippen molar-refractivity contribution in [3.05, 3.63) is 21.3 Å². The molecule has 0 amide bonds. The lowest BCUT2D eigenvalue weighted by molar-refractivity contribution is 0.0640. The van der Waals surface area contributed by atoms with Crippen LogP contribution in [-0.4, -0.2) is 32.1 Å². The molecule has 0 atom stereocenters. The van der Waals surface area contributed by atoms with Crippen LogP contribution in [0.4, 0.5) is 0 Å². The standard InChI is InChI=1S/C6H3IN2O4/c7-2-1-8-3(5(10)11)4(9-2)6(12)13/h1H,(H,10,11)(H,12,13). The molecule has 1 heterocycles. The molecule has 0 saturated heterocycles. The van der Waals surface area contributed by atoms with Gasteiger partial charge in [-0.1, -0.05) is 0 Å². The van der Waals surface area contributed by atoms with Crippen molar-refractivity contribution >= 4 is 34.5 Å². The lowest BCUT2D eigenvalue weighted by Gasteiger charge is -1.98. The minimum atomic E-state index is -1.40. The van der Waals surface area contributed by atoms with Crippen LogP contribution in [0.5, 0.6) is 0 Å². The number of hydrogen-bond acceptors (Lipinski definition) is 4. The first-order chi connectivity index (χ1) is 6.02. The summed E-state index contributed by atoms with van der Waals surface area (Å²) in [7, 11) is 0. The molecule has 2 N–H and O–H groups in total. The molecule has 68 valence electrons. The summed E-state index contributed by atoms with van der Waals surface area (Å²) in [5.41, 5.74) is -1.09. The van der Waals surface area contributed by atoms with Crippen LogP contribution in [0.1, 0.15) is 21.0 Å². The van der Waals surface area contributed by atoms with E-state index in [1.54, 1.807) is 22.6 Å². The normalized spacial score (nSPS) is 9.62. The molecule has 0 unspecified atom stereocenters. The van der Waals surface area contributed by atoms with Crippen LogP contribution in [0.15, 0.2) is 6.20 Å². The second kappa shape index (κ2) is 3.64. The number of carboxylic acids is 2. The maximum atomic E-state index is 10.5. The molecule has 13 heavy (non-hydrogen) atoms. The van der Waals surface area contributed by atoms with E-state index in [1.807, 2.05) is 0 Å². The van der Waals surface area contributed by atoms with E-state index in [2.05, 4.69) is 9.97 Å². The molecule has 1 aromatic rings. The topological polar surface area (TPSA) is 100 Å². The SMILES string of the molecule is O=C(O)c1ncc(I)nc1C(=O)O. The molecule has 1 aromatic heterocycles. The second-order valence-corrected chi connectivity index (χ2v) is 3.11. The summed E-state index contributed by atoms with van der Waals surface area (Å²) in [5, 5.41) is 17.1. The zero-order chi connectivity index (χ0) is 10.0. The highest BCUT2D eigenvalue weighted by molar-refractivity contribution is 14.1. The first-order valence-electron chi connectivity index (χ1n) is 3.01. The Bertz CT molecular complexity index is 379. The molecular weight excluding hydrogens is 291 g/mol. The summed E-state index contributed by atoms with van der Waals surface area (Å²) >= 11 is 1.75. The molecule has 7 heteroatoms. The first-order valence-corrected chi connectivity index (χ1v) is 4.09. The molecular formula is C6H3IN2O4. The minimum absolute atomic E-state index is 0.333. The molecule has 0 fully saturated rings. The third kappa shape index (κ3) is 2.11. The van der Waals surface area contributed by atoms with Crippen molar-refractivity contribution in [3.63, 3.8) is 0 Å². The number of aromatic carboxylic acids is 2. The predicted molar refractivity (Wildman–Crippen MR) is 48.7 cm³/mol. The Kier molecular flexibility index (Phi) is 2.76. The average Bonchev–Trinajstić information content (AvgIpc) is 2.03. The van der Waals surface area contributed by atoms with E-state index in [-0.39, 0.29) is 0 Å². The van der Waals surface area contributed by atoms with Crippen LogP contribution in [0.3, 0.4) is 0 Å². The van der Waals surface area contributed by atoms with Crippen molar-refractivity contribution in [1.82, 2.24) is 9.97 Å². The van der Waals surface area contributed by atoms with Gasteiger partial charge >= 0.3 is 11.9 Å². The van der Waals surface area contributed by atoms with Gasteiger partial charge in [-0.05, 0) is 22.6 Å². The number of carboxylic acid groups (broad SMARTS) is 2. The summed E-state index contributed by atoms with van der Waals surface area (Å²) in [5.74, 6) is -2.80. The van der Waals surface area contributed by atoms with Crippen molar-refractivity contribution in [2.45, 2.75) is 0 Å². The van der Waals surface area contributed by atoms with E-state index < -0.39 is 23.3 Å². The van der Waals surface area contributed by atoms with Gasteiger partial charge in [-0.2, -0.15) is 0 Å². The lowest BCUT2D eigenvalue weighted by atomic mass is 10.3. The Labute approximate surface area is 85.8 Å². The highest BCUT2D eigenvalue weighted by atomic mass is 127. The van der Waals surface area contributed by atoms with Gasteiger partial charge < -0.3 is 10.2 Å².